The zero-order chi connectivity index (χ0) is 36.0. The van der Waals surface area contributed by atoms with Crippen LogP contribution in [0.1, 0.15) is 5.56 Å². The Labute approximate surface area is 289 Å². The highest BCUT2D eigenvalue weighted by Gasteiger charge is 2.22. The Bertz CT molecular complexity index is 2710. The maximum atomic E-state index is 12.5. The summed E-state index contributed by atoms with van der Waals surface area (Å²) in [5.41, 5.74) is 1.54. The number of anilines is 4. The molecule has 0 aliphatic carbocycles. The molecular weight excluding hydrogens is 734 g/mol. The third kappa shape index (κ3) is 7.38. The molecule has 0 atom stereocenters. The van der Waals surface area contributed by atoms with E-state index in [-0.39, 0.29) is 55.8 Å². The summed E-state index contributed by atoms with van der Waals surface area (Å²) < 4.78 is 103. The van der Waals surface area contributed by atoms with Gasteiger partial charge in [0, 0.05) is 27.2 Å². The minimum atomic E-state index is -4.93. The predicted molar refractivity (Wildman–Crippen MR) is 184 cm³/mol. The number of fused-ring (bicyclic) bond motifs is 2. The van der Waals surface area contributed by atoms with Crippen LogP contribution in [0.2, 0.25) is 5.28 Å². The first-order valence-corrected chi connectivity index (χ1v) is 18.7. The Balaban J connectivity index is 1.47. The van der Waals surface area contributed by atoms with Crippen LogP contribution in [0, 0.1) is 6.92 Å². The van der Waals surface area contributed by atoms with Crippen molar-refractivity contribution in [3.63, 3.8) is 0 Å². The summed E-state index contributed by atoms with van der Waals surface area (Å²) in [6.45, 7) is 1.93. The summed E-state index contributed by atoms with van der Waals surface area (Å²) in [5, 5.41) is 13.4. The number of rotatable bonds is 9. The number of hydrogen-bond acceptors (Lipinski definition) is 13. The first-order chi connectivity index (χ1) is 23.5. The Morgan fingerprint density at radius 2 is 1.22 bits per heavy atom. The van der Waals surface area contributed by atoms with Crippen LogP contribution in [-0.2, 0) is 30.4 Å². The van der Waals surface area contributed by atoms with Crippen molar-refractivity contribution in [2.45, 2.75) is 21.6 Å². The number of aromatic nitrogens is 3. The van der Waals surface area contributed by atoms with Crippen molar-refractivity contribution < 1.29 is 38.9 Å². The van der Waals surface area contributed by atoms with E-state index in [1.54, 1.807) is 12.1 Å². The highest BCUT2D eigenvalue weighted by atomic mass is 35.5. The van der Waals surface area contributed by atoms with E-state index in [0.29, 0.717) is 5.69 Å². The van der Waals surface area contributed by atoms with Crippen LogP contribution >= 0.6 is 11.6 Å². The Morgan fingerprint density at radius 3 is 1.86 bits per heavy atom. The van der Waals surface area contributed by atoms with E-state index in [1.165, 1.54) is 36.4 Å². The fourth-order valence-electron chi connectivity index (χ4n) is 5.03. The standard InChI is InChI=1S/C30H22ClN7O9S3/c1-16-8-10-17(11-9-16)32-29-34-28(31)35-30(36-29)33-23-13-12-22(20-5-3-7-25(27(20)23)49(42,43)44)38-37-18-14-21-19(26(15-18)50(45,46)47)4-2-6-24(21)48(39,40)41/h2-15H,1H3,(H,39,40,41)(H,42,43,44)(H,45,46,47)(H2,32,33,34,35,36). The summed E-state index contributed by atoms with van der Waals surface area (Å²) in [5.74, 6) is -0.0261. The van der Waals surface area contributed by atoms with E-state index < -0.39 is 45.0 Å². The third-order valence-electron chi connectivity index (χ3n) is 7.15. The van der Waals surface area contributed by atoms with Crippen LogP contribution in [0.15, 0.2) is 110 Å². The summed E-state index contributed by atoms with van der Waals surface area (Å²) in [7, 11) is -14.6. The second-order valence-electron chi connectivity index (χ2n) is 10.6. The highest BCUT2D eigenvalue weighted by molar-refractivity contribution is 7.86. The van der Waals surface area contributed by atoms with Gasteiger partial charge in [-0.05, 0) is 67.1 Å². The lowest BCUT2D eigenvalue weighted by Crippen LogP contribution is -2.06. The molecule has 0 saturated carbocycles. The lowest BCUT2D eigenvalue weighted by Gasteiger charge is -2.14. The van der Waals surface area contributed by atoms with Gasteiger partial charge in [-0.2, -0.15) is 45.3 Å². The van der Waals surface area contributed by atoms with Gasteiger partial charge in [-0.3, -0.25) is 13.7 Å². The largest absolute Gasteiger partial charge is 0.324 e. The van der Waals surface area contributed by atoms with Crippen molar-refractivity contribution in [2.75, 3.05) is 10.6 Å². The van der Waals surface area contributed by atoms with Crippen molar-refractivity contribution in [1.29, 1.82) is 0 Å². The number of benzene rings is 5. The van der Waals surface area contributed by atoms with E-state index in [0.717, 1.165) is 29.8 Å². The molecule has 6 rings (SSSR count). The quantitative estimate of drug-likeness (QED) is 0.0753. The maximum absolute atomic E-state index is 12.5. The van der Waals surface area contributed by atoms with Crippen molar-refractivity contribution in [1.82, 2.24) is 15.0 Å². The Kier molecular flexibility index (Phi) is 8.99. The molecule has 1 aromatic heterocycles. The lowest BCUT2D eigenvalue weighted by molar-refractivity contribution is 0.481. The lowest BCUT2D eigenvalue weighted by atomic mass is 10.1. The van der Waals surface area contributed by atoms with Crippen molar-refractivity contribution in [2.24, 2.45) is 10.2 Å². The Hall–Kier alpha value is -5.15. The van der Waals surface area contributed by atoms with Crippen LogP contribution in [0.3, 0.4) is 0 Å². The summed E-state index contributed by atoms with van der Waals surface area (Å²) in [4.78, 5) is 10.6. The zero-order valence-corrected chi connectivity index (χ0v) is 28.4. The molecule has 6 aromatic rings. The van der Waals surface area contributed by atoms with Crippen LogP contribution in [0.25, 0.3) is 21.5 Å². The van der Waals surface area contributed by atoms with E-state index in [9.17, 15) is 38.9 Å². The van der Waals surface area contributed by atoms with Crippen LogP contribution in [0.4, 0.5) is 34.6 Å². The zero-order valence-electron chi connectivity index (χ0n) is 25.2. The number of halogens is 1. The van der Waals surface area contributed by atoms with Gasteiger partial charge in [0.15, 0.2) is 0 Å². The average molecular weight is 756 g/mol. The molecule has 0 radical (unpaired) electrons. The molecule has 0 saturated heterocycles. The Morgan fingerprint density at radius 1 is 0.620 bits per heavy atom. The maximum Gasteiger partial charge on any atom is 0.295 e. The van der Waals surface area contributed by atoms with Gasteiger partial charge in [0.05, 0.1) is 17.1 Å². The van der Waals surface area contributed by atoms with Gasteiger partial charge >= 0.3 is 0 Å². The summed E-state index contributed by atoms with van der Waals surface area (Å²) in [6, 6.07) is 19.6. The molecule has 16 nitrogen and oxygen atoms in total. The van der Waals surface area contributed by atoms with Gasteiger partial charge in [0.1, 0.15) is 14.7 Å². The topological polar surface area (TPSA) is 251 Å². The predicted octanol–water partition coefficient (Wildman–Crippen LogP) is 6.78. The van der Waals surface area contributed by atoms with Crippen LogP contribution in [0.5, 0.6) is 0 Å². The number of nitrogens with zero attached hydrogens (tertiary/aromatic N) is 5. The SMILES string of the molecule is Cc1ccc(Nc2nc(Cl)nc(Nc3ccc(N=Nc4cc(S(=O)(=O)O)c5cccc(S(=O)(=O)O)c5c4)c4cccc(S(=O)(=O)O)c34)n2)cc1. The van der Waals surface area contributed by atoms with E-state index >= 15 is 0 Å². The van der Waals surface area contributed by atoms with Crippen LogP contribution < -0.4 is 10.6 Å². The number of nitrogens with one attached hydrogen (secondary N) is 2. The molecule has 0 unspecified atom stereocenters. The normalized spacial score (nSPS) is 12.5. The molecule has 0 aliphatic rings. The minimum Gasteiger partial charge on any atom is -0.324 e. The number of hydrogen-bond donors (Lipinski definition) is 5. The van der Waals surface area contributed by atoms with Gasteiger partial charge < -0.3 is 10.6 Å². The number of azo groups is 1. The molecular formula is C30H22ClN7O9S3. The molecule has 0 fully saturated rings. The minimum absolute atomic E-state index is 0.0167. The third-order valence-corrected chi connectivity index (χ3v) is 10.0. The fraction of sp³-hybridized carbons (Fsp3) is 0.0333. The second kappa shape index (κ2) is 12.9. The van der Waals surface area contributed by atoms with Crippen molar-refractivity contribution in [3.8, 4) is 0 Å². The molecule has 1 heterocycles. The van der Waals surface area contributed by atoms with E-state index in [2.05, 4.69) is 35.8 Å². The smallest absolute Gasteiger partial charge is 0.295 e. The first-order valence-electron chi connectivity index (χ1n) is 14.0. The highest BCUT2D eigenvalue weighted by Crippen LogP contribution is 2.39. The molecule has 20 heteroatoms. The molecule has 0 aliphatic heterocycles. The fourth-order valence-corrected chi connectivity index (χ4v) is 7.34. The van der Waals surface area contributed by atoms with Gasteiger partial charge in [0.25, 0.3) is 30.4 Å². The van der Waals surface area contributed by atoms with Crippen molar-refractivity contribution in [3.05, 3.63) is 95.8 Å². The molecule has 256 valence electrons. The van der Waals surface area contributed by atoms with Gasteiger partial charge in [-0.25, -0.2) is 0 Å². The molecule has 5 N–H and O–H groups in total. The van der Waals surface area contributed by atoms with E-state index in [1.807, 2.05) is 19.1 Å². The molecule has 50 heavy (non-hydrogen) atoms. The average Bonchev–Trinajstić information content (AvgIpc) is 3.03. The molecule has 0 amide bonds. The second-order valence-corrected chi connectivity index (χ2v) is 15.1. The van der Waals surface area contributed by atoms with Crippen molar-refractivity contribution >= 4 is 98.1 Å². The first kappa shape index (κ1) is 34.7. The molecule has 0 bridgehead atoms. The van der Waals surface area contributed by atoms with Crippen LogP contribution in [-0.4, -0.2) is 53.9 Å². The van der Waals surface area contributed by atoms with Gasteiger partial charge in [-0.1, -0.05) is 42.0 Å². The summed E-state index contributed by atoms with van der Waals surface area (Å²) in [6.07, 6.45) is 0. The number of aryl methyl sites for hydroxylation is 1. The monoisotopic (exact) mass is 755 g/mol. The van der Waals surface area contributed by atoms with Gasteiger partial charge in [-0.15, -0.1) is 5.11 Å². The van der Waals surface area contributed by atoms with Gasteiger partial charge in [0.2, 0.25) is 17.2 Å². The van der Waals surface area contributed by atoms with E-state index in [4.69, 9.17) is 11.6 Å². The molecule has 0 spiro atoms. The summed E-state index contributed by atoms with van der Waals surface area (Å²) >= 11 is 6.16. The molecule has 5 aromatic carbocycles.